The molecule has 3 rings (SSSR count). The second kappa shape index (κ2) is 5.42. The van der Waals surface area contributed by atoms with Crippen LogP contribution in [0, 0.1) is 0 Å². The number of nitrogens with one attached hydrogen (secondary N) is 1. The van der Waals surface area contributed by atoms with Gasteiger partial charge in [-0.3, -0.25) is 10.1 Å². The van der Waals surface area contributed by atoms with Crippen LogP contribution in [0.5, 0.6) is 0 Å². The minimum absolute atomic E-state index is 0.168. The predicted octanol–water partition coefficient (Wildman–Crippen LogP) is 0.409. The van der Waals surface area contributed by atoms with Crippen molar-refractivity contribution in [1.29, 1.82) is 0 Å². The van der Waals surface area contributed by atoms with Crippen molar-refractivity contribution >= 4 is 5.91 Å². The van der Waals surface area contributed by atoms with Crippen LogP contribution < -0.4 is 11.1 Å². The second-order valence-electron chi connectivity index (χ2n) is 5.01. The zero-order valence-corrected chi connectivity index (χ0v) is 11.1. The maximum Gasteiger partial charge on any atom is 0.239 e. The number of fused-ring (bicyclic) bond motifs is 1. The van der Waals surface area contributed by atoms with Gasteiger partial charge in [0.05, 0.1) is 6.54 Å². The van der Waals surface area contributed by atoms with Gasteiger partial charge in [-0.25, -0.2) is 9.67 Å². The smallest absolute Gasteiger partial charge is 0.239 e. The lowest BCUT2D eigenvalue weighted by Gasteiger charge is -2.27. The summed E-state index contributed by atoms with van der Waals surface area (Å²) < 4.78 is 1.88. The Morgan fingerprint density at radius 1 is 1.40 bits per heavy atom. The highest BCUT2D eigenvalue weighted by Crippen LogP contribution is 2.17. The Morgan fingerprint density at radius 2 is 2.20 bits per heavy atom. The molecule has 0 fully saturated rings. The average molecular weight is 271 g/mol. The summed E-state index contributed by atoms with van der Waals surface area (Å²) in [6, 6.07) is 9.25. The van der Waals surface area contributed by atoms with Gasteiger partial charge in [0.1, 0.15) is 18.2 Å². The Morgan fingerprint density at radius 3 is 2.95 bits per heavy atom. The van der Waals surface area contributed by atoms with Crippen LogP contribution in [0.1, 0.15) is 23.9 Å². The van der Waals surface area contributed by atoms with Crippen LogP contribution >= 0.6 is 0 Å². The van der Waals surface area contributed by atoms with Gasteiger partial charge < -0.3 is 5.73 Å². The zero-order chi connectivity index (χ0) is 13.9. The number of benzene rings is 1. The third-order valence-corrected chi connectivity index (χ3v) is 3.63. The van der Waals surface area contributed by atoms with Crippen molar-refractivity contribution in [2.45, 2.75) is 31.5 Å². The zero-order valence-electron chi connectivity index (χ0n) is 11.1. The van der Waals surface area contributed by atoms with E-state index < -0.39 is 6.04 Å². The summed E-state index contributed by atoms with van der Waals surface area (Å²) in [6.07, 6.45) is 3.35. The Bertz CT molecular complexity index is 595. The fourth-order valence-corrected chi connectivity index (χ4v) is 2.60. The van der Waals surface area contributed by atoms with Gasteiger partial charge >= 0.3 is 0 Å². The van der Waals surface area contributed by atoms with Crippen molar-refractivity contribution in [3.63, 3.8) is 0 Å². The second-order valence-corrected chi connectivity index (χ2v) is 5.01. The van der Waals surface area contributed by atoms with E-state index in [1.54, 1.807) is 6.33 Å². The van der Waals surface area contributed by atoms with Crippen molar-refractivity contribution in [2.75, 3.05) is 0 Å². The van der Waals surface area contributed by atoms with Crippen LogP contribution in [0.2, 0.25) is 0 Å². The fourth-order valence-electron chi connectivity index (χ4n) is 2.60. The Balaban J connectivity index is 1.74. The van der Waals surface area contributed by atoms with Crippen LogP contribution in [0.4, 0.5) is 0 Å². The van der Waals surface area contributed by atoms with Crippen molar-refractivity contribution < 1.29 is 4.79 Å². The summed E-state index contributed by atoms with van der Waals surface area (Å²) in [5.41, 5.74) is 6.42. The van der Waals surface area contributed by atoms with E-state index in [0.717, 1.165) is 24.2 Å². The topological polar surface area (TPSA) is 85.8 Å². The molecule has 1 aromatic heterocycles. The number of aromatic nitrogens is 3. The SMILES string of the molecule is NC(=O)[C@@H](N[C@H]1CCc2ncnn2C1)c1ccccc1. The fraction of sp³-hybridized carbons (Fsp3) is 0.357. The van der Waals surface area contributed by atoms with Crippen LogP contribution in [-0.2, 0) is 17.8 Å². The largest absolute Gasteiger partial charge is 0.368 e. The Labute approximate surface area is 117 Å². The number of aryl methyl sites for hydroxylation is 1. The highest BCUT2D eigenvalue weighted by molar-refractivity contribution is 5.81. The highest BCUT2D eigenvalue weighted by atomic mass is 16.1. The predicted molar refractivity (Wildman–Crippen MR) is 73.6 cm³/mol. The normalized spacial score (nSPS) is 19.3. The molecule has 1 aliphatic heterocycles. The molecule has 0 radical (unpaired) electrons. The molecule has 0 saturated carbocycles. The Kier molecular flexibility index (Phi) is 3.47. The molecule has 1 aromatic carbocycles. The van der Waals surface area contributed by atoms with Gasteiger partial charge in [-0.05, 0) is 12.0 Å². The summed E-state index contributed by atoms with van der Waals surface area (Å²) in [5, 5.41) is 7.52. The van der Waals surface area contributed by atoms with Crippen LogP contribution in [0.25, 0.3) is 0 Å². The number of carbonyl (C=O) groups is 1. The van der Waals surface area contributed by atoms with Crippen molar-refractivity contribution in [3.05, 3.63) is 48.0 Å². The number of rotatable bonds is 4. The number of amides is 1. The van der Waals surface area contributed by atoms with Crippen LogP contribution in [0.3, 0.4) is 0 Å². The van der Waals surface area contributed by atoms with E-state index in [0.29, 0.717) is 6.54 Å². The molecule has 0 bridgehead atoms. The summed E-state index contributed by atoms with van der Waals surface area (Å²) >= 11 is 0. The van der Waals surface area contributed by atoms with Gasteiger partial charge in [-0.15, -0.1) is 0 Å². The minimum atomic E-state index is -0.466. The van der Waals surface area contributed by atoms with E-state index in [-0.39, 0.29) is 11.9 Å². The molecule has 0 spiro atoms. The number of nitrogens with two attached hydrogens (primary N) is 1. The van der Waals surface area contributed by atoms with Gasteiger partial charge in [0.15, 0.2) is 0 Å². The molecule has 20 heavy (non-hydrogen) atoms. The third kappa shape index (κ3) is 2.55. The summed E-state index contributed by atoms with van der Waals surface area (Å²) in [6.45, 7) is 0.714. The molecule has 6 nitrogen and oxygen atoms in total. The average Bonchev–Trinajstić information content (AvgIpc) is 2.93. The molecule has 1 aliphatic rings. The highest BCUT2D eigenvalue weighted by Gasteiger charge is 2.25. The van der Waals surface area contributed by atoms with Crippen LogP contribution in [-0.4, -0.2) is 26.7 Å². The number of carbonyl (C=O) groups excluding carboxylic acids is 1. The standard InChI is InChI=1S/C14H17N5O/c15-14(20)13(10-4-2-1-3-5-10)18-11-6-7-12-16-9-17-19(12)8-11/h1-5,9,11,13,18H,6-8H2,(H2,15,20)/t11-,13-/m0/s1. The van der Waals surface area contributed by atoms with Crippen molar-refractivity contribution in [2.24, 2.45) is 5.73 Å². The van der Waals surface area contributed by atoms with Crippen molar-refractivity contribution in [3.8, 4) is 0 Å². The molecule has 2 heterocycles. The molecule has 0 saturated heterocycles. The molecule has 2 atom stereocenters. The lowest BCUT2D eigenvalue weighted by Crippen LogP contribution is -2.44. The van der Waals surface area contributed by atoms with E-state index in [1.165, 1.54) is 0 Å². The first kappa shape index (κ1) is 12.8. The summed E-state index contributed by atoms with van der Waals surface area (Å²) in [7, 11) is 0. The molecule has 0 unspecified atom stereocenters. The Hall–Kier alpha value is -2.21. The van der Waals surface area contributed by atoms with Crippen LogP contribution in [0.15, 0.2) is 36.7 Å². The van der Waals surface area contributed by atoms with Crippen molar-refractivity contribution in [1.82, 2.24) is 20.1 Å². The number of nitrogens with zero attached hydrogens (tertiary/aromatic N) is 3. The lowest BCUT2D eigenvalue weighted by atomic mass is 10.0. The van der Waals surface area contributed by atoms with E-state index in [1.807, 2.05) is 35.0 Å². The quantitative estimate of drug-likeness (QED) is 0.843. The summed E-state index contributed by atoms with van der Waals surface area (Å²) in [5.74, 6) is 0.638. The molecule has 3 N–H and O–H groups in total. The van der Waals surface area contributed by atoms with Gasteiger partial charge in [-0.1, -0.05) is 30.3 Å². The molecule has 2 aromatic rings. The monoisotopic (exact) mass is 271 g/mol. The minimum Gasteiger partial charge on any atom is -0.368 e. The maximum absolute atomic E-state index is 11.7. The number of primary amides is 1. The molecule has 0 aliphatic carbocycles. The third-order valence-electron chi connectivity index (χ3n) is 3.63. The van der Waals surface area contributed by atoms with E-state index >= 15 is 0 Å². The maximum atomic E-state index is 11.7. The molecule has 6 heteroatoms. The van der Waals surface area contributed by atoms with Gasteiger partial charge in [-0.2, -0.15) is 5.10 Å². The van der Waals surface area contributed by atoms with Gasteiger partial charge in [0.25, 0.3) is 0 Å². The first-order valence-corrected chi connectivity index (χ1v) is 6.71. The first-order valence-electron chi connectivity index (χ1n) is 6.71. The molecular formula is C14H17N5O. The molecule has 1 amide bonds. The summed E-state index contributed by atoms with van der Waals surface area (Å²) in [4.78, 5) is 15.9. The van der Waals surface area contributed by atoms with Gasteiger partial charge in [0.2, 0.25) is 5.91 Å². The van der Waals surface area contributed by atoms with E-state index in [9.17, 15) is 4.79 Å². The number of hydrogen-bond donors (Lipinski definition) is 2. The molecule has 104 valence electrons. The lowest BCUT2D eigenvalue weighted by molar-refractivity contribution is -0.120. The van der Waals surface area contributed by atoms with Gasteiger partial charge in [0, 0.05) is 12.5 Å². The number of hydrogen-bond acceptors (Lipinski definition) is 4. The molecular weight excluding hydrogens is 254 g/mol. The van der Waals surface area contributed by atoms with E-state index in [4.69, 9.17) is 5.73 Å². The first-order chi connectivity index (χ1) is 9.74. The van der Waals surface area contributed by atoms with E-state index in [2.05, 4.69) is 15.4 Å².